The van der Waals surface area contributed by atoms with Gasteiger partial charge in [0.25, 0.3) is 0 Å². The maximum Gasteiger partial charge on any atom is 0.0718 e. The van der Waals surface area contributed by atoms with Crippen molar-refractivity contribution in [3.63, 3.8) is 0 Å². The van der Waals surface area contributed by atoms with Gasteiger partial charge in [-0.3, -0.25) is 4.90 Å². The first-order valence-electron chi connectivity index (χ1n) is 7.57. The lowest BCUT2D eigenvalue weighted by atomic mass is 9.96. The number of rotatable bonds is 6. The molecule has 0 bridgehead atoms. The Hall–Kier alpha value is -1.16. The van der Waals surface area contributed by atoms with E-state index in [1.54, 1.807) is 0 Å². The Morgan fingerprint density at radius 2 is 2.20 bits per heavy atom. The summed E-state index contributed by atoms with van der Waals surface area (Å²) in [5, 5.41) is 13.5. The third kappa shape index (κ3) is 3.69. The van der Waals surface area contributed by atoms with Gasteiger partial charge >= 0.3 is 0 Å². The number of nitrogens with one attached hydrogen (secondary N) is 1. The molecule has 0 aromatic heterocycles. The maximum atomic E-state index is 10.1. The zero-order valence-electron chi connectivity index (χ0n) is 12.3. The minimum atomic E-state index is -0.250. The summed E-state index contributed by atoms with van der Waals surface area (Å²) in [6, 6.07) is 11.2. The second-order valence-corrected chi connectivity index (χ2v) is 5.49. The maximum absolute atomic E-state index is 10.1. The zero-order valence-corrected chi connectivity index (χ0v) is 12.3. The van der Waals surface area contributed by atoms with Gasteiger partial charge in [0.2, 0.25) is 0 Å². The molecule has 1 aliphatic heterocycles. The van der Waals surface area contributed by atoms with Crippen molar-refractivity contribution in [1.29, 1.82) is 0 Å². The number of aliphatic hydroxyl groups is 1. The van der Waals surface area contributed by atoms with Gasteiger partial charge in [-0.05, 0) is 18.4 Å². The average Bonchev–Trinajstić information content (AvgIpc) is 2.49. The molecule has 1 heterocycles. The highest BCUT2D eigenvalue weighted by molar-refractivity contribution is 5.19. The van der Waals surface area contributed by atoms with E-state index in [-0.39, 0.29) is 12.1 Å². The van der Waals surface area contributed by atoms with Gasteiger partial charge in [0, 0.05) is 31.7 Å². The number of piperidine rings is 1. The highest BCUT2D eigenvalue weighted by atomic mass is 16.3. The molecule has 3 nitrogen and oxygen atoms in total. The predicted molar refractivity (Wildman–Crippen MR) is 83.7 cm³/mol. The van der Waals surface area contributed by atoms with Crippen LogP contribution in [-0.2, 0) is 0 Å². The number of benzene rings is 1. The van der Waals surface area contributed by atoms with Crippen molar-refractivity contribution in [2.45, 2.75) is 38.0 Å². The summed E-state index contributed by atoms with van der Waals surface area (Å²) in [6.45, 7) is 8.56. The Bertz CT molecular complexity index is 407. The second kappa shape index (κ2) is 7.58. The van der Waals surface area contributed by atoms with Gasteiger partial charge in [0.1, 0.15) is 0 Å². The molecule has 2 rings (SSSR count). The normalized spacial score (nSPS) is 25.3. The minimum absolute atomic E-state index is 0.138. The van der Waals surface area contributed by atoms with Gasteiger partial charge in [-0.25, -0.2) is 0 Å². The van der Waals surface area contributed by atoms with Crippen molar-refractivity contribution < 1.29 is 5.11 Å². The molecule has 1 aromatic rings. The van der Waals surface area contributed by atoms with Crippen molar-refractivity contribution in [3.05, 3.63) is 48.6 Å². The van der Waals surface area contributed by atoms with E-state index in [1.807, 2.05) is 6.08 Å². The van der Waals surface area contributed by atoms with Crippen LogP contribution in [0.25, 0.3) is 0 Å². The van der Waals surface area contributed by atoms with E-state index in [9.17, 15) is 5.11 Å². The summed E-state index contributed by atoms with van der Waals surface area (Å²) in [5.41, 5.74) is 1.37. The van der Waals surface area contributed by atoms with Gasteiger partial charge in [-0.1, -0.05) is 43.3 Å². The molecular formula is C17H26N2O. The molecule has 1 fully saturated rings. The average molecular weight is 274 g/mol. The second-order valence-electron chi connectivity index (χ2n) is 5.49. The van der Waals surface area contributed by atoms with Crippen LogP contribution in [0.3, 0.4) is 0 Å². The van der Waals surface area contributed by atoms with E-state index in [0.29, 0.717) is 6.04 Å². The molecule has 0 aliphatic carbocycles. The van der Waals surface area contributed by atoms with E-state index < -0.39 is 0 Å². The highest BCUT2D eigenvalue weighted by Gasteiger charge is 2.30. The number of likely N-dealkylation sites (tertiary alicyclic amines) is 1. The molecule has 20 heavy (non-hydrogen) atoms. The first kappa shape index (κ1) is 15.2. The molecule has 3 heteroatoms. The molecule has 0 spiro atoms. The van der Waals surface area contributed by atoms with E-state index >= 15 is 0 Å². The van der Waals surface area contributed by atoms with E-state index in [4.69, 9.17) is 0 Å². The fourth-order valence-electron chi connectivity index (χ4n) is 3.06. The predicted octanol–water partition coefficient (Wildman–Crippen LogP) is 2.35. The molecule has 0 saturated carbocycles. The SMILES string of the molecule is C=CCN[C@@H]1CN(C(CC)c2ccccc2)CC[C@H]1O. The standard InChI is InChI=1S/C17H26N2O/c1-3-11-18-15-13-19(12-10-17(15)20)16(4-2)14-8-6-5-7-9-14/h3,5-9,15-18,20H,1,4,10-13H2,2H3/t15-,16?,17-/m1/s1. The molecule has 1 saturated heterocycles. The van der Waals surface area contributed by atoms with Gasteiger partial charge in [0.05, 0.1) is 6.10 Å². The lowest BCUT2D eigenvalue weighted by Gasteiger charge is -2.41. The topological polar surface area (TPSA) is 35.5 Å². The van der Waals surface area contributed by atoms with Crippen LogP contribution in [0.2, 0.25) is 0 Å². The fraction of sp³-hybridized carbons (Fsp3) is 0.529. The lowest BCUT2D eigenvalue weighted by molar-refractivity contribution is 0.0291. The Morgan fingerprint density at radius 1 is 1.45 bits per heavy atom. The first-order valence-corrected chi connectivity index (χ1v) is 7.57. The third-order valence-corrected chi connectivity index (χ3v) is 4.14. The number of nitrogens with zero attached hydrogens (tertiary/aromatic N) is 1. The van der Waals surface area contributed by atoms with E-state index in [2.05, 4.69) is 54.1 Å². The molecule has 3 atom stereocenters. The van der Waals surface area contributed by atoms with Crippen molar-refractivity contribution in [3.8, 4) is 0 Å². The summed E-state index contributed by atoms with van der Waals surface area (Å²) < 4.78 is 0. The molecule has 1 aromatic carbocycles. The van der Waals surface area contributed by atoms with Crippen LogP contribution < -0.4 is 5.32 Å². The van der Waals surface area contributed by atoms with Crippen LogP contribution in [0.1, 0.15) is 31.4 Å². The summed E-state index contributed by atoms with van der Waals surface area (Å²) >= 11 is 0. The fourth-order valence-corrected chi connectivity index (χ4v) is 3.06. The highest BCUT2D eigenvalue weighted by Crippen LogP contribution is 2.27. The Morgan fingerprint density at radius 3 is 2.85 bits per heavy atom. The number of hydrogen-bond acceptors (Lipinski definition) is 3. The Balaban J connectivity index is 2.05. The molecule has 0 radical (unpaired) electrons. The number of aliphatic hydroxyl groups excluding tert-OH is 1. The lowest BCUT2D eigenvalue weighted by Crippen LogP contribution is -2.54. The molecule has 0 amide bonds. The van der Waals surface area contributed by atoms with Crippen LogP contribution in [0.15, 0.2) is 43.0 Å². The smallest absolute Gasteiger partial charge is 0.0718 e. The van der Waals surface area contributed by atoms with Crippen LogP contribution in [0.4, 0.5) is 0 Å². The molecular weight excluding hydrogens is 248 g/mol. The Kier molecular flexibility index (Phi) is 5.77. The quantitative estimate of drug-likeness (QED) is 0.782. The first-order chi connectivity index (χ1) is 9.76. The molecule has 110 valence electrons. The van der Waals surface area contributed by atoms with Gasteiger partial charge in [0.15, 0.2) is 0 Å². The zero-order chi connectivity index (χ0) is 14.4. The van der Waals surface area contributed by atoms with Crippen LogP contribution in [-0.4, -0.2) is 41.8 Å². The van der Waals surface area contributed by atoms with Gasteiger partial charge in [-0.2, -0.15) is 0 Å². The van der Waals surface area contributed by atoms with Crippen LogP contribution >= 0.6 is 0 Å². The number of hydrogen-bond donors (Lipinski definition) is 2. The van der Waals surface area contributed by atoms with Crippen molar-refractivity contribution in [2.75, 3.05) is 19.6 Å². The molecule has 1 unspecified atom stereocenters. The molecule has 2 N–H and O–H groups in total. The van der Waals surface area contributed by atoms with Crippen LogP contribution in [0, 0.1) is 0 Å². The summed E-state index contributed by atoms with van der Waals surface area (Å²) in [6.07, 6.45) is 3.52. The largest absolute Gasteiger partial charge is 0.391 e. The summed E-state index contributed by atoms with van der Waals surface area (Å²) in [4.78, 5) is 2.49. The third-order valence-electron chi connectivity index (χ3n) is 4.14. The van der Waals surface area contributed by atoms with Crippen molar-refractivity contribution >= 4 is 0 Å². The van der Waals surface area contributed by atoms with E-state index in [1.165, 1.54) is 5.56 Å². The summed E-state index contributed by atoms with van der Waals surface area (Å²) in [5.74, 6) is 0. The minimum Gasteiger partial charge on any atom is -0.391 e. The van der Waals surface area contributed by atoms with Crippen molar-refractivity contribution in [2.24, 2.45) is 0 Å². The van der Waals surface area contributed by atoms with Gasteiger partial charge in [-0.15, -0.1) is 6.58 Å². The van der Waals surface area contributed by atoms with Gasteiger partial charge < -0.3 is 10.4 Å². The monoisotopic (exact) mass is 274 g/mol. The van der Waals surface area contributed by atoms with Crippen LogP contribution in [0.5, 0.6) is 0 Å². The Labute approximate surface area is 122 Å². The molecule has 1 aliphatic rings. The summed E-state index contributed by atoms with van der Waals surface area (Å²) in [7, 11) is 0. The van der Waals surface area contributed by atoms with Crippen molar-refractivity contribution in [1.82, 2.24) is 10.2 Å². The van der Waals surface area contributed by atoms with E-state index in [0.717, 1.165) is 32.5 Å².